The van der Waals surface area contributed by atoms with Crippen molar-refractivity contribution < 1.29 is 33.4 Å². The predicted octanol–water partition coefficient (Wildman–Crippen LogP) is 4.33. The number of carbonyl (C=O) groups excluding carboxylic acids is 1. The summed E-state index contributed by atoms with van der Waals surface area (Å²) in [6.45, 7) is -0.0345. The zero-order valence-electron chi connectivity index (χ0n) is 21.1. The molecule has 12 heteroatoms. The molecule has 0 saturated heterocycles. The van der Waals surface area contributed by atoms with Crippen LogP contribution in [0.25, 0.3) is 22.2 Å². The van der Waals surface area contributed by atoms with Crippen LogP contribution in [0.2, 0.25) is 0 Å². The number of nitrogens with one attached hydrogen (secondary N) is 1. The first-order valence-corrected chi connectivity index (χ1v) is 11.5. The number of methoxy groups -OCH3 is 3. The highest BCUT2D eigenvalue weighted by Gasteiger charge is 2.23. The number of hydrazone groups is 1. The van der Waals surface area contributed by atoms with Gasteiger partial charge in [-0.15, -0.1) is 0 Å². The van der Waals surface area contributed by atoms with Crippen LogP contribution in [-0.4, -0.2) is 50.2 Å². The molecule has 0 aliphatic carbocycles. The fraction of sp³-hybridized carbons (Fsp3) is 0.148. The minimum Gasteiger partial charge on any atom is -0.493 e. The summed E-state index contributed by atoms with van der Waals surface area (Å²) in [6, 6.07) is 14.9. The van der Waals surface area contributed by atoms with Crippen molar-refractivity contribution in [2.75, 3.05) is 28.1 Å². The Kier molecular flexibility index (Phi) is 6.83. The number of para-hydroxylation sites is 1. The Morgan fingerprint density at radius 2 is 1.72 bits per heavy atom. The number of carbonyl (C=O) groups is 1. The van der Waals surface area contributed by atoms with Gasteiger partial charge >= 0.3 is 0 Å². The number of hydrogen-bond donors (Lipinski definition) is 1. The summed E-state index contributed by atoms with van der Waals surface area (Å²) in [6.07, 6.45) is 1.18. The fourth-order valence-corrected chi connectivity index (χ4v) is 4.17. The Morgan fingerprint density at radius 1 is 1.03 bits per heavy atom. The molecule has 1 N–H and O–H groups in total. The first kappa shape index (κ1) is 25.3. The first-order chi connectivity index (χ1) is 18.9. The summed E-state index contributed by atoms with van der Waals surface area (Å²) in [5.41, 5.74) is 4.33. The van der Waals surface area contributed by atoms with Crippen LogP contribution in [-0.2, 0) is 0 Å². The Hall–Kier alpha value is -5.39. The van der Waals surface area contributed by atoms with Crippen LogP contribution in [0.15, 0.2) is 59.7 Å². The Morgan fingerprint density at radius 3 is 2.38 bits per heavy atom. The molecule has 5 rings (SSSR count). The summed E-state index contributed by atoms with van der Waals surface area (Å²) in [4.78, 5) is 29.0. The van der Waals surface area contributed by atoms with Crippen molar-refractivity contribution in [1.29, 1.82) is 0 Å². The number of nitrogens with zero attached hydrogens (tertiary/aromatic N) is 3. The minimum atomic E-state index is -0.564. The van der Waals surface area contributed by atoms with Gasteiger partial charge in [-0.05, 0) is 30.3 Å². The summed E-state index contributed by atoms with van der Waals surface area (Å²) >= 11 is 0. The van der Waals surface area contributed by atoms with Crippen LogP contribution in [0.3, 0.4) is 0 Å². The van der Waals surface area contributed by atoms with Gasteiger partial charge in [-0.25, -0.2) is 10.4 Å². The average molecular weight is 530 g/mol. The summed E-state index contributed by atoms with van der Waals surface area (Å²) in [5, 5.41) is 16.1. The number of aromatic nitrogens is 1. The molecule has 12 nitrogen and oxygen atoms in total. The Labute approximate surface area is 221 Å². The molecule has 0 bridgehead atoms. The molecule has 1 aliphatic heterocycles. The maximum absolute atomic E-state index is 13.3. The molecule has 4 aromatic rings. The van der Waals surface area contributed by atoms with E-state index in [-0.39, 0.29) is 23.8 Å². The van der Waals surface area contributed by atoms with Gasteiger partial charge in [0.15, 0.2) is 23.0 Å². The lowest BCUT2D eigenvalue weighted by Crippen LogP contribution is -2.18. The maximum Gasteiger partial charge on any atom is 0.282 e. The Balaban J connectivity index is 1.51. The van der Waals surface area contributed by atoms with Gasteiger partial charge in [0.1, 0.15) is 0 Å². The second-order valence-corrected chi connectivity index (χ2v) is 8.21. The van der Waals surface area contributed by atoms with E-state index in [4.69, 9.17) is 28.7 Å². The molecule has 0 unspecified atom stereocenters. The highest BCUT2D eigenvalue weighted by atomic mass is 16.7. The van der Waals surface area contributed by atoms with E-state index in [1.54, 1.807) is 36.4 Å². The van der Waals surface area contributed by atoms with Crippen LogP contribution >= 0.6 is 0 Å². The van der Waals surface area contributed by atoms with Crippen molar-refractivity contribution in [1.82, 2.24) is 10.4 Å². The maximum atomic E-state index is 13.3. The lowest BCUT2D eigenvalue weighted by atomic mass is 10.0. The largest absolute Gasteiger partial charge is 0.493 e. The van der Waals surface area contributed by atoms with Crippen molar-refractivity contribution in [3.8, 4) is 40.0 Å². The quantitative estimate of drug-likeness (QED) is 0.200. The van der Waals surface area contributed by atoms with Gasteiger partial charge < -0.3 is 23.7 Å². The molecule has 0 saturated carbocycles. The van der Waals surface area contributed by atoms with E-state index in [1.165, 1.54) is 39.7 Å². The molecular weight excluding hydrogens is 508 g/mol. The van der Waals surface area contributed by atoms with Crippen LogP contribution in [0.4, 0.5) is 5.69 Å². The van der Waals surface area contributed by atoms with Gasteiger partial charge in [0.25, 0.3) is 11.6 Å². The van der Waals surface area contributed by atoms with E-state index in [1.807, 2.05) is 6.07 Å². The van der Waals surface area contributed by atoms with Crippen molar-refractivity contribution in [3.05, 3.63) is 75.8 Å². The van der Waals surface area contributed by atoms with E-state index >= 15 is 0 Å². The SMILES string of the molecule is COc1cc(-c2cc(C(=O)N/N=C\c3cc4c(cc3[N+](=O)[O-])OCO4)c3ccccc3n2)cc(OC)c1OC. The Bertz CT molecular complexity index is 1610. The van der Waals surface area contributed by atoms with Crippen molar-refractivity contribution in [2.24, 2.45) is 5.10 Å². The number of benzene rings is 3. The van der Waals surface area contributed by atoms with Gasteiger partial charge in [-0.2, -0.15) is 5.10 Å². The van der Waals surface area contributed by atoms with Crippen molar-refractivity contribution in [2.45, 2.75) is 0 Å². The number of rotatable bonds is 8. The standard InChI is InChI=1S/C27H22N4O8/c1-35-24-8-15(9-25(36-2)26(24)37-3)20-11-18(17-6-4-5-7-19(17)29-20)27(32)30-28-13-16-10-22-23(39-14-38-22)12-21(16)31(33)34/h4-13H,14H2,1-3H3,(H,30,32)/b28-13-. The van der Waals surface area contributed by atoms with E-state index in [2.05, 4.69) is 10.5 Å². The highest BCUT2D eigenvalue weighted by Crippen LogP contribution is 2.41. The van der Waals surface area contributed by atoms with Crippen molar-refractivity contribution >= 4 is 28.7 Å². The van der Waals surface area contributed by atoms with E-state index in [0.29, 0.717) is 50.7 Å². The number of pyridine rings is 1. The van der Waals surface area contributed by atoms with Crippen LogP contribution < -0.4 is 29.1 Å². The van der Waals surface area contributed by atoms with E-state index in [0.717, 1.165) is 0 Å². The molecule has 1 aromatic heterocycles. The fourth-order valence-electron chi connectivity index (χ4n) is 4.17. The minimum absolute atomic E-state index is 0.0345. The lowest BCUT2D eigenvalue weighted by molar-refractivity contribution is -0.385. The highest BCUT2D eigenvalue weighted by molar-refractivity contribution is 6.07. The number of ether oxygens (including phenoxy) is 5. The molecule has 0 fully saturated rings. The number of fused-ring (bicyclic) bond motifs is 2. The number of nitro groups is 1. The van der Waals surface area contributed by atoms with Gasteiger partial charge in [0.2, 0.25) is 12.5 Å². The smallest absolute Gasteiger partial charge is 0.282 e. The second kappa shape index (κ2) is 10.5. The van der Waals surface area contributed by atoms with Crippen LogP contribution in [0.1, 0.15) is 15.9 Å². The monoisotopic (exact) mass is 530 g/mol. The molecule has 0 atom stereocenters. The molecule has 1 aliphatic rings. The van der Waals surface area contributed by atoms with Crippen molar-refractivity contribution in [3.63, 3.8) is 0 Å². The average Bonchev–Trinajstić information content (AvgIpc) is 3.42. The molecule has 39 heavy (non-hydrogen) atoms. The summed E-state index contributed by atoms with van der Waals surface area (Å²) < 4.78 is 26.8. The zero-order chi connectivity index (χ0) is 27.5. The first-order valence-electron chi connectivity index (χ1n) is 11.5. The van der Waals surface area contributed by atoms with Gasteiger partial charge in [-0.3, -0.25) is 14.9 Å². The molecule has 2 heterocycles. The van der Waals surface area contributed by atoms with Gasteiger partial charge in [-0.1, -0.05) is 18.2 Å². The summed E-state index contributed by atoms with van der Waals surface area (Å²) in [5.74, 6) is 1.37. The van der Waals surface area contributed by atoms with E-state index in [9.17, 15) is 14.9 Å². The lowest BCUT2D eigenvalue weighted by Gasteiger charge is -2.15. The number of hydrogen-bond acceptors (Lipinski definition) is 10. The second-order valence-electron chi connectivity index (χ2n) is 8.21. The molecular formula is C27H22N4O8. The molecule has 0 radical (unpaired) electrons. The topological polar surface area (TPSA) is 144 Å². The third kappa shape index (κ3) is 4.82. The van der Waals surface area contributed by atoms with E-state index < -0.39 is 10.8 Å². The normalized spacial score (nSPS) is 12.0. The van der Waals surface area contributed by atoms with Crippen LogP contribution in [0, 0.1) is 10.1 Å². The van der Waals surface area contributed by atoms with Gasteiger partial charge in [0, 0.05) is 10.9 Å². The third-order valence-electron chi connectivity index (χ3n) is 6.01. The third-order valence-corrected chi connectivity index (χ3v) is 6.01. The molecule has 3 aromatic carbocycles. The van der Waals surface area contributed by atoms with Crippen LogP contribution in [0.5, 0.6) is 28.7 Å². The number of nitro benzene ring substituents is 1. The number of amides is 1. The van der Waals surface area contributed by atoms with Gasteiger partial charge in [0.05, 0.1) is 60.9 Å². The molecule has 198 valence electrons. The molecule has 0 spiro atoms. The predicted molar refractivity (Wildman–Crippen MR) is 141 cm³/mol. The zero-order valence-corrected chi connectivity index (χ0v) is 21.1. The summed E-state index contributed by atoms with van der Waals surface area (Å²) in [7, 11) is 4.53. The molecule has 1 amide bonds.